The predicted octanol–water partition coefficient (Wildman–Crippen LogP) is 5.96. The van der Waals surface area contributed by atoms with E-state index in [1.165, 1.54) is 6.07 Å². The van der Waals surface area contributed by atoms with Gasteiger partial charge in [-0.1, -0.05) is 12.5 Å². The number of aliphatic hydroxyl groups excluding tert-OH is 1. The first-order valence-corrected chi connectivity index (χ1v) is 13.0. The maximum atomic E-state index is 15.2. The summed E-state index contributed by atoms with van der Waals surface area (Å²) in [6.45, 7) is 0. The topological polar surface area (TPSA) is 115 Å². The number of pyridine rings is 2. The molecule has 1 unspecified atom stereocenters. The van der Waals surface area contributed by atoms with Gasteiger partial charge in [-0.2, -0.15) is 5.10 Å². The average Bonchev–Trinajstić information content (AvgIpc) is 3.61. The van der Waals surface area contributed by atoms with Crippen molar-refractivity contribution in [2.24, 2.45) is 5.92 Å². The fourth-order valence-corrected chi connectivity index (χ4v) is 5.56. The fraction of sp³-hybridized carbons (Fsp3) is 0.185. The molecule has 0 spiro atoms. The minimum Gasteiger partial charge on any atom is -0.374 e. The number of aliphatic hydroxyl groups is 1. The van der Waals surface area contributed by atoms with Crippen molar-refractivity contribution in [3.8, 4) is 33.1 Å². The van der Waals surface area contributed by atoms with Crippen molar-refractivity contribution in [1.82, 2.24) is 30.1 Å². The van der Waals surface area contributed by atoms with Crippen LogP contribution in [0, 0.1) is 11.7 Å². The van der Waals surface area contributed by atoms with Gasteiger partial charge in [0.15, 0.2) is 11.5 Å². The van der Waals surface area contributed by atoms with Gasteiger partial charge in [0, 0.05) is 51.3 Å². The molecule has 1 aliphatic rings. The molecule has 0 amide bonds. The van der Waals surface area contributed by atoms with Crippen LogP contribution in [0.2, 0.25) is 0 Å². The Morgan fingerprint density at radius 1 is 1.14 bits per heavy atom. The van der Waals surface area contributed by atoms with Gasteiger partial charge in [-0.05, 0) is 42.5 Å². The van der Waals surface area contributed by atoms with Gasteiger partial charge in [-0.3, -0.25) is 10.1 Å². The fourth-order valence-electron chi connectivity index (χ4n) is 4.80. The second-order valence-electron chi connectivity index (χ2n) is 9.31. The van der Waals surface area contributed by atoms with E-state index in [0.717, 1.165) is 40.6 Å². The molecule has 184 valence electrons. The highest BCUT2D eigenvalue weighted by molar-refractivity contribution is 7.13. The Hall–Kier alpha value is -4.15. The van der Waals surface area contributed by atoms with Crippen molar-refractivity contribution in [1.29, 1.82) is 0 Å². The molecular formula is C27H22FN7OS. The average molecular weight is 512 g/mol. The first-order chi connectivity index (χ1) is 18.1. The molecule has 6 aromatic rings. The van der Waals surface area contributed by atoms with Crippen molar-refractivity contribution in [3.05, 3.63) is 66.2 Å². The van der Waals surface area contributed by atoms with E-state index in [-0.39, 0.29) is 5.92 Å². The van der Waals surface area contributed by atoms with Crippen LogP contribution in [0.3, 0.4) is 0 Å². The molecule has 4 N–H and O–H groups in total. The number of nitrogens with one attached hydrogen (secondary N) is 3. The van der Waals surface area contributed by atoms with Crippen LogP contribution in [0.15, 0.2) is 60.4 Å². The molecule has 1 atom stereocenters. The third kappa shape index (κ3) is 3.85. The van der Waals surface area contributed by atoms with Gasteiger partial charge < -0.3 is 15.4 Å². The molecule has 1 aromatic carbocycles. The van der Waals surface area contributed by atoms with E-state index in [4.69, 9.17) is 4.98 Å². The lowest BCUT2D eigenvalue weighted by atomic mass is 9.84. The summed E-state index contributed by atoms with van der Waals surface area (Å²) in [6.07, 6.45) is 7.51. The molecule has 5 heterocycles. The van der Waals surface area contributed by atoms with E-state index in [9.17, 15) is 5.11 Å². The maximum Gasteiger partial charge on any atom is 0.160 e. The minimum atomic E-state index is -0.639. The molecular weight excluding hydrogens is 489 g/mol. The standard InChI is InChI=1S/C27H22FN7OS/c28-20-11-21-19(10-18(20)15-9-16(13-29-12-15)31-27(36)14-3-1-4-14)24(35-34-21)26-32-23-17(22-5-2-8-37-22)6-7-30-25(23)33-26/h2,5-14,27,31,36H,1,3-4H2,(H,34,35)(H,30,32,33). The Balaban J connectivity index is 1.29. The third-order valence-corrected chi connectivity index (χ3v) is 7.91. The van der Waals surface area contributed by atoms with Gasteiger partial charge in [0.2, 0.25) is 0 Å². The highest BCUT2D eigenvalue weighted by Gasteiger charge is 2.25. The highest BCUT2D eigenvalue weighted by atomic mass is 32.1. The zero-order valence-electron chi connectivity index (χ0n) is 19.6. The van der Waals surface area contributed by atoms with Crippen LogP contribution in [0.5, 0.6) is 0 Å². The Bertz CT molecular complexity index is 1740. The van der Waals surface area contributed by atoms with Gasteiger partial charge in [0.1, 0.15) is 23.3 Å². The SMILES string of the molecule is OC(Nc1cncc(-c2cc3c(-c4nc5c(-c6cccs6)ccnc5[nH]4)n[nH]c3cc2F)c1)C1CCC1. The number of hydrogen-bond acceptors (Lipinski definition) is 7. The highest BCUT2D eigenvalue weighted by Crippen LogP contribution is 2.35. The number of rotatable bonds is 6. The van der Waals surface area contributed by atoms with Crippen LogP contribution >= 0.6 is 11.3 Å². The van der Waals surface area contributed by atoms with E-state index >= 15 is 4.39 Å². The molecule has 0 bridgehead atoms. The second kappa shape index (κ2) is 8.75. The van der Waals surface area contributed by atoms with E-state index in [1.54, 1.807) is 42.1 Å². The van der Waals surface area contributed by atoms with Crippen LogP contribution in [0.25, 0.3) is 55.2 Å². The van der Waals surface area contributed by atoms with Gasteiger partial charge in [-0.25, -0.2) is 14.4 Å². The number of H-pyrrole nitrogens is 2. The second-order valence-corrected chi connectivity index (χ2v) is 10.3. The molecule has 0 saturated heterocycles. The summed E-state index contributed by atoms with van der Waals surface area (Å²) in [5.41, 5.74) is 5.18. The predicted molar refractivity (Wildman–Crippen MR) is 142 cm³/mol. The molecule has 1 saturated carbocycles. The summed E-state index contributed by atoms with van der Waals surface area (Å²) >= 11 is 1.64. The van der Waals surface area contributed by atoms with Crippen LogP contribution in [0.1, 0.15) is 19.3 Å². The number of halogens is 1. The lowest BCUT2D eigenvalue weighted by Crippen LogP contribution is -2.33. The number of fused-ring (bicyclic) bond motifs is 2. The van der Waals surface area contributed by atoms with Gasteiger partial charge >= 0.3 is 0 Å². The van der Waals surface area contributed by atoms with Gasteiger partial charge in [0.05, 0.1) is 17.4 Å². The summed E-state index contributed by atoms with van der Waals surface area (Å²) in [7, 11) is 0. The van der Waals surface area contributed by atoms with Crippen molar-refractivity contribution < 1.29 is 9.50 Å². The van der Waals surface area contributed by atoms with Crippen molar-refractivity contribution in [3.63, 3.8) is 0 Å². The molecule has 7 rings (SSSR count). The number of benzene rings is 1. The number of thiophene rings is 1. The van der Waals surface area contributed by atoms with E-state index in [0.29, 0.717) is 39.5 Å². The number of imidazole rings is 1. The van der Waals surface area contributed by atoms with Crippen molar-refractivity contribution in [2.75, 3.05) is 5.32 Å². The molecule has 1 aliphatic carbocycles. The molecule has 10 heteroatoms. The summed E-state index contributed by atoms with van der Waals surface area (Å²) in [5, 5.41) is 23.6. The van der Waals surface area contributed by atoms with Crippen LogP contribution in [0.4, 0.5) is 10.1 Å². The van der Waals surface area contributed by atoms with Crippen LogP contribution in [-0.2, 0) is 0 Å². The molecule has 1 fully saturated rings. The molecule has 5 aromatic heterocycles. The quantitative estimate of drug-likeness (QED) is 0.205. The van der Waals surface area contributed by atoms with E-state index in [1.807, 2.05) is 17.5 Å². The Kier molecular flexibility index (Phi) is 5.22. The summed E-state index contributed by atoms with van der Waals surface area (Å²) in [4.78, 5) is 17.9. The molecule has 37 heavy (non-hydrogen) atoms. The summed E-state index contributed by atoms with van der Waals surface area (Å²) in [6, 6.07) is 11.0. The maximum absolute atomic E-state index is 15.2. The lowest BCUT2D eigenvalue weighted by molar-refractivity contribution is 0.0851. The van der Waals surface area contributed by atoms with E-state index in [2.05, 4.69) is 36.5 Å². The molecule has 8 nitrogen and oxygen atoms in total. The Morgan fingerprint density at radius 3 is 2.86 bits per heavy atom. The minimum absolute atomic E-state index is 0.240. The first kappa shape index (κ1) is 22.1. The third-order valence-electron chi connectivity index (χ3n) is 7.01. The summed E-state index contributed by atoms with van der Waals surface area (Å²) in [5.74, 6) is 0.392. The zero-order valence-corrected chi connectivity index (χ0v) is 20.4. The van der Waals surface area contributed by atoms with E-state index < -0.39 is 12.0 Å². The van der Waals surface area contributed by atoms with Crippen molar-refractivity contribution >= 4 is 39.1 Å². The first-order valence-electron chi connectivity index (χ1n) is 12.1. The number of anilines is 1. The number of nitrogens with zero attached hydrogens (tertiary/aromatic N) is 4. The monoisotopic (exact) mass is 511 g/mol. The van der Waals surface area contributed by atoms with Crippen LogP contribution in [-0.4, -0.2) is 41.5 Å². The zero-order chi connectivity index (χ0) is 24.9. The normalized spacial score (nSPS) is 14.8. The van der Waals surface area contributed by atoms with Gasteiger partial charge in [-0.15, -0.1) is 11.3 Å². The number of hydrogen-bond donors (Lipinski definition) is 4. The van der Waals surface area contributed by atoms with Crippen molar-refractivity contribution in [2.45, 2.75) is 25.5 Å². The Morgan fingerprint density at radius 2 is 2.05 bits per heavy atom. The molecule has 0 radical (unpaired) electrons. The smallest absolute Gasteiger partial charge is 0.160 e. The van der Waals surface area contributed by atoms with Gasteiger partial charge in [0.25, 0.3) is 0 Å². The lowest BCUT2D eigenvalue weighted by Gasteiger charge is -2.31. The number of aromatic amines is 2. The number of aromatic nitrogens is 6. The summed E-state index contributed by atoms with van der Waals surface area (Å²) < 4.78 is 15.2. The molecule has 0 aliphatic heterocycles. The Labute approximate surface area is 214 Å². The van der Waals surface area contributed by atoms with Crippen LogP contribution < -0.4 is 5.32 Å². The largest absolute Gasteiger partial charge is 0.374 e.